The van der Waals surface area contributed by atoms with Crippen molar-refractivity contribution in [3.05, 3.63) is 62.7 Å². The summed E-state index contributed by atoms with van der Waals surface area (Å²) in [6, 6.07) is 5.93. The summed E-state index contributed by atoms with van der Waals surface area (Å²) >= 11 is 17.9. The van der Waals surface area contributed by atoms with Gasteiger partial charge in [0.15, 0.2) is 17.2 Å². The van der Waals surface area contributed by atoms with Crippen molar-refractivity contribution < 1.29 is 23.8 Å². The molecule has 0 fully saturated rings. The Hall–Kier alpha value is -2.68. The molecule has 3 aromatic rings. The average molecular weight is 445 g/mol. The first-order chi connectivity index (χ1) is 13.3. The molecule has 0 saturated heterocycles. The van der Waals surface area contributed by atoms with Gasteiger partial charge in [-0.15, -0.1) is 0 Å². The molecule has 1 aromatic carbocycles. The van der Waals surface area contributed by atoms with Crippen LogP contribution in [0.15, 0.2) is 34.9 Å². The zero-order chi connectivity index (χ0) is 20.4. The fourth-order valence-electron chi connectivity index (χ4n) is 2.35. The van der Waals surface area contributed by atoms with Crippen LogP contribution in [-0.4, -0.2) is 26.8 Å². The second-order valence-electron chi connectivity index (χ2n) is 5.54. The number of hydrogen-bond donors (Lipinski definition) is 2. The monoisotopic (exact) mass is 443 g/mol. The Kier molecular flexibility index (Phi) is 5.83. The number of ether oxygens (including phenoxy) is 1. The van der Waals surface area contributed by atoms with E-state index in [-0.39, 0.29) is 39.5 Å². The Labute approximate surface area is 173 Å². The number of furan rings is 1. The van der Waals surface area contributed by atoms with Crippen LogP contribution in [0.25, 0.3) is 0 Å². The van der Waals surface area contributed by atoms with Crippen molar-refractivity contribution in [2.45, 2.75) is 6.61 Å². The number of aryl methyl sites for hydroxylation is 1. The molecule has 2 heterocycles. The van der Waals surface area contributed by atoms with Crippen LogP contribution in [0.1, 0.15) is 26.8 Å². The largest absolute Gasteiger partial charge is 0.483 e. The molecule has 0 aliphatic carbocycles. The van der Waals surface area contributed by atoms with Crippen molar-refractivity contribution in [3.8, 4) is 5.75 Å². The van der Waals surface area contributed by atoms with Gasteiger partial charge in [0.05, 0.1) is 21.9 Å². The minimum Gasteiger partial charge on any atom is -0.483 e. The summed E-state index contributed by atoms with van der Waals surface area (Å²) in [5.74, 6) is -1.33. The summed E-state index contributed by atoms with van der Waals surface area (Å²) in [5.41, 5.74) is -0.107. The molecule has 0 spiro atoms. The second kappa shape index (κ2) is 8.14. The van der Waals surface area contributed by atoms with Crippen LogP contribution >= 0.6 is 34.8 Å². The van der Waals surface area contributed by atoms with Gasteiger partial charge in [0.25, 0.3) is 5.91 Å². The molecule has 146 valence electrons. The zero-order valence-corrected chi connectivity index (χ0v) is 16.5. The van der Waals surface area contributed by atoms with Gasteiger partial charge in [-0.2, -0.15) is 5.10 Å². The number of anilines is 1. The number of aromatic nitrogens is 2. The van der Waals surface area contributed by atoms with E-state index < -0.39 is 11.9 Å². The standard InChI is InChI=1S/C17H12Cl3N3O5/c1-23-14(17(25)26)12(6-21-23)22-16(24)13-3-2-9(28-13)7-27-15-10(19)4-8(18)5-11(15)20/h2-6H,7H2,1H3,(H,22,24)(H,25,26). The minimum absolute atomic E-state index is 0.0351. The van der Waals surface area contributed by atoms with Crippen molar-refractivity contribution in [2.24, 2.45) is 7.05 Å². The number of carbonyl (C=O) groups excluding carboxylic acids is 1. The molecule has 2 N–H and O–H groups in total. The van der Waals surface area contributed by atoms with Gasteiger partial charge in [0.2, 0.25) is 0 Å². The smallest absolute Gasteiger partial charge is 0.356 e. The maximum absolute atomic E-state index is 12.3. The lowest BCUT2D eigenvalue weighted by molar-refractivity contribution is 0.0686. The summed E-state index contributed by atoms with van der Waals surface area (Å²) in [6.45, 7) is -0.0401. The highest BCUT2D eigenvalue weighted by Gasteiger charge is 2.20. The fourth-order valence-corrected chi connectivity index (χ4v) is 3.28. The molecule has 11 heteroatoms. The fraction of sp³-hybridized carbons (Fsp3) is 0.118. The van der Waals surface area contributed by atoms with Crippen LogP contribution in [0.2, 0.25) is 15.1 Å². The number of carbonyl (C=O) groups is 2. The molecule has 28 heavy (non-hydrogen) atoms. The topological polar surface area (TPSA) is 107 Å². The lowest BCUT2D eigenvalue weighted by atomic mass is 10.3. The van der Waals surface area contributed by atoms with E-state index in [9.17, 15) is 14.7 Å². The van der Waals surface area contributed by atoms with Gasteiger partial charge < -0.3 is 19.6 Å². The number of carboxylic acid groups (broad SMARTS) is 1. The van der Waals surface area contributed by atoms with E-state index in [0.717, 1.165) is 4.68 Å². The van der Waals surface area contributed by atoms with Gasteiger partial charge in [-0.25, -0.2) is 4.79 Å². The normalized spacial score (nSPS) is 10.7. The first kappa shape index (κ1) is 20.1. The third-order valence-corrected chi connectivity index (χ3v) is 4.38. The minimum atomic E-state index is -1.22. The Morgan fingerprint density at radius 1 is 1.25 bits per heavy atom. The Balaban J connectivity index is 1.69. The molecule has 0 aliphatic rings. The molecule has 0 saturated carbocycles. The van der Waals surface area contributed by atoms with Crippen LogP contribution in [0, 0.1) is 0 Å². The molecule has 0 unspecified atom stereocenters. The number of nitrogens with zero attached hydrogens (tertiary/aromatic N) is 2. The summed E-state index contributed by atoms with van der Waals surface area (Å²) in [5, 5.41) is 16.3. The van der Waals surface area contributed by atoms with Gasteiger partial charge >= 0.3 is 5.97 Å². The van der Waals surface area contributed by atoms with Gasteiger partial charge in [0.1, 0.15) is 12.4 Å². The van der Waals surface area contributed by atoms with E-state index in [2.05, 4.69) is 10.4 Å². The second-order valence-corrected chi connectivity index (χ2v) is 6.79. The van der Waals surface area contributed by atoms with E-state index in [1.165, 1.54) is 37.5 Å². The maximum atomic E-state index is 12.3. The van der Waals surface area contributed by atoms with Crippen LogP contribution in [0.5, 0.6) is 5.75 Å². The lowest BCUT2D eigenvalue weighted by Gasteiger charge is -2.09. The van der Waals surface area contributed by atoms with E-state index in [1.54, 1.807) is 0 Å². The van der Waals surface area contributed by atoms with Gasteiger partial charge in [0, 0.05) is 12.1 Å². The highest BCUT2D eigenvalue weighted by Crippen LogP contribution is 2.36. The highest BCUT2D eigenvalue weighted by molar-refractivity contribution is 6.40. The number of nitrogens with one attached hydrogen (secondary N) is 1. The van der Waals surface area contributed by atoms with E-state index >= 15 is 0 Å². The van der Waals surface area contributed by atoms with Crippen molar-refractivity contribution in [1.82, 2.24) is 9.78 Å². The third kappa shape index (κ3) is 4.24. The molecule has 0 aliphatic heterocycles. The Morgan fingerprint density at radius 3 is 2.57 bits per heavy atom. The molecular weight excluding hydrogens is 433 g/mol. The molecular formula is C17H12Cl3N3O5. The average Bonchev–Trinajstić information content (AvgIpc) is 3.20. The first-order valence-corrected chi connectivity index (χ1v) is 8.82. The predicted octanol–water partition coefficient (Wildman–Crippen LogP) is 4.50. The van der Waals surface area contributed by atoms with Crippen LogP contribution in [-0.2, 0) is 13.7 Å². The van der Waals surface area contributed by atoms with Crippen molar-refractivity contribution in [3.63, 3.8) is 0 Å². The summed E-state index contributed by atoms with van der Waals surface area (Å²) in [4.78, 5) is 23.5. The molecule has 1 amide bonds. The third-order valence-electron chi connectivity index (χ3n) is 3.60. The number of benzene rings is 1. The zero-order valence-electron chi connectivity index (χ0n) is 14.2. The van der Waals surface area contributed by atoms with Crippen LogP contribution in [0.4, 0.5) is 5.69 Å². The Morgan fingerprint density at radius 2 is 1.93 bits per heavy atom. The van der Waals surface area contributed by atoms with Crippen molar-refractivity contribution >= 4 is 52.4 Å². The molecule has 2 aromatic heterocycles. The number of halogens is 3. The maximum Gasteiger partial charge on any atom is 0.356 e. The van der Waals surface area contributed by atoms with Gasteiger partial charge in [-0.3, -0.25) is 9.48 Å². The summed E-state index contributed by atoms with van der Waals surface area (Å²) < 4.78 is 12.1. The van der Waals surface area contributed by atoms with Gasteiger partial charge in [-0.05, 0) is 24.3 Å². The van der Waals surface area contributed by atoms with Crippen LogP contribution in [0.3, 0.4) is 0 Å². The Bertz CT molecular complexity index is 1040. The van der Waals surface area contributed by atoms with Gasteiger partial charge in [-0.1, -0.05) is 34.8 Å². The molecule has 0 radical (unpaired) electrons. The SMILES string of the molecule is Cn1ncc(NC(=O)c2ccc(COc3c(Cl)cc(Cl)cc3Cl)o2)c1C(=O)O. The molecule has 8 nitrogen and oxygen atoms in total. The van der Waals surface area contributed by atoms with E-state index in [0.29, 0.717) is 10.8 Å². The summed E-state index contributed by atoms with van der Waals surface area (Å²) in [7, 11) is 1.45. The number of aromatic carboxylic acids is 1. The lowest BCUT2D eigenvalue weighted by Crippen LogP contribution is -2.15. The number of carboxylic acids is 1. The number of rotatable bonds is 6. The molecule has 3 rings (SSSR count). The molecule has 0 bridgehead atoms. The van der Waals surface area contributed by atoms with Crippen molar-refractivity contribution in [1.29, 1.82) is 0 Å². The number of hydrogen-bond acceptors (Lipinski definition) is 5. The van der Waals surface area contributed by atoms with E-state index in [4.69, 9.17) is 44.0 Å². The molecule has 0 atom stereocenters. The quantitative estimate of drug-likeness (QED) is 0.579. The first-order valence-electron chi connectivity index (χ1n) is 7.69. The van der Waals surface area contributed by atoms with E-state index in [1.807, 2.05) is 0 Å². The number of amides is 1. The summed E-state index contributed by atoms with van der Waals surface area (Å²) in [6.07, 6.45) is 1.23. The predicted molar refractivity (Wildman–Crippen MR) is 103 cm³/mol. The van der Waals surface area contributed by atoms with Crippen LogP contribution < -0.4 is 10.1 Å². The highest BCUT2D eigenvalue weighted by atomic mass is 35.5. The van der Waals surface area contributed by atoms with Crippen molar-refractivity contribution in [2.75, 3.05) is 5.32 Å².